The van der Waals surface area contributed by atoms with Crippen LogP contribution in [0.15, 0.2) is 30.3 Å². The molecule has 0 bridgehead atoms. The summed E-state index contributed by atoms with van der Waals surface area (Å²) < 4.78 is 0. The van der Waals surface area contributed by atoms with Crippen LogP contribution < -0.4 is 11.3 Å². The van der Waals surface area contributed by atoms with E-state index >= 15 is 0 Å². The summed E-state index contributed by atoms with van der Waals surface area (Å²) >= 11 is 0. The van der Waals surface area contributed by atoms with E-state index in [9.17, 15) is 14.4 Å². The molecular formula is C15H20N4O3. The van der Waals surface area contributed by atoms with Gasteiger partial charge in [-0.05, 0) is 12.1 Å². The molecule has 1 saturated heterocycles. The zero-order chi connectivity index (χ0) is 15.9. The Balaban J connectivity index is 1.81. The topological polar surface area (TPSA) is 95.7 Å². The average Bonchev–Trinajstić information content (AvgIpc) is 2.59. The normalized spacial score (nSPS) is 14.6. The maximum Gasteiger partial charge on any atom is 0.253 e. The molecule has 7 nitrogen and oxygen atoms in total. The van der Waals surface area contributed by atoms with E-state index in [1.807, 2.05) is 23.6 Å². The fourth-order valence-electron chi connectivity index (χ4n) is 2.37. The van der Waals surface area contributed by atoms with Gasteiger partial charge in [-0.15, -0.1) is 0 Å². The van der Waals surface area contributed by atoms with Crippen LogP contribution in [0.4, 0.5) is 0 Å². The summed E-state index contributed by atoms with van der Waals surface area (Å²) in [4.78, 5) is 38.7. The Morgan fingerprint density at radius 3 is 2.14 bits per heavy atom. The molecule has 2 rings (SSSR count). The van der Waals surface area contributed by atoms with Gasteiger partial charge in [0.25, 0.3) is 5.91 Å². The van der Waals surface area contributed by atoms with Crippen molar-refractivity contribution in [1.29, 1.82) is 0 Å². The molecule has 0 spiro atoms. The molecule has 0 radical (unpaired) electrons. The van der Waals surface area contributed by atoms with Crippen LogP contribution in [0.2, 0.25) is 0 Å². The molecule has 0 saturated carbocycles. The van der Waals surface area contributed by atoms with Crippen molar-refractivity contribution < 1.29 is 14.4 Å². The van der Waals surface area contributed by atoms with Crippen LogP contribution in [0.5, 0.6) is 0 Å². The standard InChI is InChI=1S/C15H20N4O3/c16-17-13(20)6-7-14(21)18-8-10-19(11-9-18)15(22)12-4-2-1-3-5-12/h1-5H,6-11,16H2,(H,17,20). The molecule has 1 heterocycles. The summed E-state index contributed by atoms with van der Waals surface area (Å²) in [5.41, 5.74) is 2.66. The number of hydrogen-bond donors (Lipinski definition) is 2. The van der Waals surface area contributed by atoms with Crippen LogP contribution in [0.3, 0.4) is 0 Å². The minimum Gasteiger partial charge on any atom is -0.339 e. The Hall–Kier alpha value is -2.41. The number of hydrazine groups is 1. The van der Waals surface area contributed by atoms with E-state index in [4.69, 9.17) is 5.84 Å². The minimum atomic E-state index is -0.355. The van der Waals surface area contributed by atoms with Gasteiger partial charge in [0.05, 0.1) is 0 Å². The van der Waals surface area contributed by atoms with E-state index in [-0.39, 0.29) is 30.6 Å². The Bertz CT molecular complexity index is 539. The lowest BCUT2D eigenvalue weighted by Gasteiger charge is -2.34. The van der Waals surface area contributed by atoms with Gasteiger partial charge in [-0.1, -0.05) is 18.2 Å². The molecule has 3 amide bonds. The van der Waals surface area contributed by atoms with Crippen molar-refractivity contribution in [3.05, 3.63) is 35.9 Å². The molecule has 3 N–H and O–H groups in total. The van der Waals surface area contributed by atoms with E-state index in [1.54, 1.807) is 21.9 Å². The van der Waals surface area contributed by atoms with Crippen LogP contribution in [-0.4, -0.2) is 53.7 Å². The van der Waals surface area contributed by atoms with E-state index in [0.717, 1.165) is 0 Å². The predicted molar refractivity (Wildman–Crippen MR) is 80.5 cm³/mol. The molecule has 1 aromatic carbocycles. The number of hydrogen-bond acceptors (Lipinski definition) is 4. The van der Waals surface area contributed by atoms with Crippen molar-refractivity contribution >= 4 is 17.7 Å². The van der Waals surface area contributed by atoms with Gasteiger partial charge in [0.2, 0.25) is 11.8 Å². The van der Waals surface area contributed by atoms with Gasteiger partial charge in [0.1, 0.15) is 0 Å². The van der Waals surface area contributed by atoms with Crippen LogP contribution >= 0.6 is 0 Å². The largest absolute Gasteiger partial charge is 0.339 e. The van der Waals surface area contributed by atoms with Gasteiger partial charge in [-0.25, -0.2) is 5.84 Å². The van der Waals surface area contributed by atoms with Gasteiger partial charge in [-0.3, -0.25) is 19.8 Å². The molecule has 1 aromatic rings. The van der Waals surface area contributed by atoms with Gasteiger partial charge in [-0.2, -0.15) is 0 Å². The fraction of sp³-hybridized carbons (Fsp3) is 0.400. The van der Waals surface area contributed by atoms with Crippen molar-refractivity contribution in [2.75, 3.05) is 26.2 Å². The maximum atomic E-state index is 12.3. The highest BCUT2D eigenvalue weighted by Gasteiger charge is 2.24. The zero-order valence-corrected chi connectivity index (χ0v) is 12.3. The van der Waals surface area contributed by atoms with E-state index in [2.05, 4.69) is 0 Å². The third-order valence-electron chi connectivity index (χ3n) is 3.67. The monoisotopic (exact) mass is 304 g/mol. The summed E-state index contributed by atoms with van der Waals surface area (Å²) in [6.45, 7) is 1.98. The van der Waals surface area contributed by atoms with Crippen LogP contribution in [0.25, 0.3) is 0 Å². The van der Waals surface area contributed by atoms with E-state index < -0.39 is 0 Å². The van der Waals surface area contributed by atoms with E-state index in [1.165, 1.54) is 0 Å². The van der Waals surface area contributed by atoms with Crippen molar-refractivity contribution in [2.45, 2.75) is 12.8 Å². The molecular weight excluding hydrogens is 284 g/mol. The maximum absolute atomic E-state index is 12.3. The fourth-order valence-corrected chi connectivity index (χ4v) is 2.37. The first-order valence-electron chi connectivity index (χ1n) is 7.23. The van der Waals surface area contributed by atoms with Crippen molar-refractivity contribution in [1.82, 2.24) is 15.2 Å². The lowest BCUT2D eigenvalue weighted by Crippen LogP contribution is -2.50. The van der Waals surface area contributed by atoms with Crippen LogP contribution in [-0.2, 0) is 9.59 Å². The third-order valence-corrected chi connectivity index (χ3v) is 3.67. The van der Waals surface area contributed by atoms with E-state index in [0.29, 0.717) is 31.7 Å². The predicted octanol–water partition coefficient (Wildman–Crippen LogP) is -0.259. The van der Waals surface area contributed by atoms with Gasteiger partial charge < -0.3 is 9.80 Å². The lowest BCUT2D eigenvalue weighted by molar-refractivity contribution is -0.134. The van der Waals surface area contributed by atoms with Crippen LogP contribution in [0, 0.1) is 0 Å². The first-order chi connectivity index (χ1) is 10.6. The highest BCUT2D eigenvalue weighted by Crippen LogP contribution is 2.10. The number of nitrogens with two attached hydrogens (primary N) is 1. The molecule has 0 unspecified atom stereocenters. The number of benzene rings is 1. The number of rotatable bonds is 4. The quantitative estimate of drug-likeness (QED) is 0.455. The van der Waals surface area contributed by atoms with Gasteiger partial charge in [0.15, 0.2) is 0 Å². The Kier molecular flexibility index (Phi) is 5.48. The smallest absolute Gasteiger partial charge is 0.253 e. The summed E-state index contributed by atoms with van der Waals surface area (Å²) in [6.07, 6.45) is 0.216. The molecule has 22 heavy (non-hydrogen) atoms. The number of carbonyl (C=O) groups is 3. The number of amides is 3. The third kappa shape index (κ3) is 4.05. The Labute approximate surface area is 129 Å². The number of piperazine rings is 1. The zero-order valence-electron chi connectivity index (χ0n) is 12.3. The number of nitrogens with one attached hydrogen (secondary N) is 1. The highest BCUT2D eigenvalue weighted by atomic mass is 16.2. The number of carbonyl (C=O) groups excluding carboxylic acids is 3. The molecule has 0 aliphatic carbocycles. The van der Waals surface area contributed by atoms with Gasteiger partial charge in [0, 0.05) is 44.6 Å². The second-order valence-electron chi connectivity index (χ2n) is 5.11. The molecule has 0 atom stereocenters. The van der Waals surface area contributed by atoms with Crippen molar-refractivity contribution in [2.24, 2.45) is 5.84 Å². The molecule has 118 valence electrons. The summed E-state index contributed by atoms with van der Waals surface area (Å²) in [6, 6.07) is 9.09. The lowest BCUT2D eigenvalue weighted by atomic mass is 10.1. The van der Waals surface area contributed by atoms with Gasteiger partial charge >= 0.3 is 0 Å². The minimum absolute atomic E-state index is 0.0183. The first-order valence-corrected chi connectivity index (χ1v) is 7.23. The summed E-state index contributed by atoms with van der Waals surface area (Å²) in [7, 11) is 0. The molecule has 7 heteroatoms. The SMILES string of the molecule is NNC(=O)CCC(=O)N1CCN(C(=O)c2ccccc2)CC1. The molecule has 1 aliphatic rings. The first kappa shape index (κ1) is 16.0. The Morgan fingerprint density at radius 1 is 0.955 bits per heavy atom. The Morgan fingerprint density at radius 2 is 1.55 bits per heavy atom. The van der Waals surface area contributed by atoms with Crippen molar-refractivity contribution in [3.8, 4) is 0 Å². The second kappa shape index (κ2) is 7.56. The molecule has 0 aromatic heterocycles. The molecule has 1 aliphatic heterocycles. The molecule has 1 fully saturated rings. The summed E-state index contributed by atoms with van der Waals surface area (Å²) in [5.74, 6) is 4.51. The summed E-state index contributed by atoms with van der Waals surface area (Å²) in [5, 5.41) is 0. The van der Waals surface area contributed by atoms with Crippen LogP contribution in [0.1, 0.15) is 23.2 Å². The average molecular weight is 304 g/mol. The number of nitrogens with zero attached hydrogens (tertiary/aromatic N) is 2. The highest BCUT2D eigenvalue weighted by molar-refractivity contribution is 5.94. The van der Waals surface area contributed by atoms with Crippen molar-refractivity contribution in [3.63, 3.8) is 0 Å². The second-order valence-corrected chi connectivity index (χ2v) is 5.11.